The molecule has 1 heteroatoms. The normalized spacial score (nSPS) is 14.7. The summed E-state index contributed by atoms with van der Waals surface area (Å²) < 4.78 is 0. The molecule has 1 nitrogen and oxygen atoms in total. The smallest absolute Gasteiger partial charge is 0.193 e. The molecule has 0 fully saturated rings. The van der Waals surface area contributed by atoms with Crippen molar-refractivity contribution in [2.24, 2.45) is 0 Å². The molecule has 0 spiro atoms. The van der Waals surface area contributed by atoms with Crippen LogP contribution in [0.1, 0.15) is 44.1 Å². The number of hydrogen-bond donors (Lipinski definition) is 0. The third-order valence-electron chi connectivity index (χ3n) is 6.55. The molecule has 156 valence electrons. The highest BCUT2D eigenvalue weighted by Crippen LogP contribution is 2.47. The van der Waals surface area contributed by atoms with Crippen LogP contribution in [0.5, 0.6) is 0 Å². The Morgan fingerprint density at radius 2 is 1.18 bits per heavy atom. The molecule has 1 unspecified atom stereocenters. The maximum Gasteiger partial charge on any atom is 0.193 e. The molecule has 0 heterocycles. The minimum absolute atomic E-state index is 0.00383. The molecule has 0 saturated heterocycles. The lowest BCUT2D eigenvalue weighted by molar-refractivity contribution is 0.103. The fourth-order valence-corrected chi connectivity index (χ4v) is 4.98. The molecule has 0 N–H and O–H groups in total. The Morgan fingerprint density at radius 3 is 1.94 bits per heavy atom. The van der Waals surface area contributed by atoms with Gasteiger partial charge >= 0.3 is 0 Å². The largest absolute Gasteiger partial charge is 0.289 e. The minimum atomic E-state index is -0.00383. The Labute approximate surface area is 193 Å². The van der Waals surface area contributed by atoms with Gasteiger partial charge in [0.2, 0.25) is 0 Å². The van der Waals surface area contributed by atoms with E-state index < -0.39 is 0 Å². The molecule has 6 rings (SSSR count). The maximum absolute atomic E-state index is 13.8. The molecule has 0 bridgehead atoms. The zero-order valence-electron chi connectivity index (χ0n) is 18.1. The first kappa shape index (κ1) is 19.5. The second-order valence-electron chi connectivity index (χ2n) is 8.51. The summed E-state index contributed by atoms with van der Waals surface area (Å²) in [6.07, 6.45) is 2.28. The van der Waals surface area contributed by atoms with Gasteiger partial charge in [-0.25, -0.2) is 0 Å². The molecular weight excluding hydrogens is 400 g/mol. The zero-order valence-corrected chi connectivity index (χ0v) is 18.1. The standard InChI is InChI=1S/C32H22O/c33-32(23-13-5-2-6-14-23)30-20-25-16-8-7-15-24(25)19-29(30)31-27-18-10-9-17-26(27)21-28(31)22-11-3-1-4-12-22/h1-21,31H. The monoisotopic (exact) mass is 422 g/mol. The number of rotatable bonds is 4. The molecule has 5 aromatic rings. The second kappa shape index (κ2) is 8.03. The Balaban J connectivity index is 1.62. The van der Waals surface area contributed by atoms with E-state index in [1.165, 1.54) is 22.3 Å². The van der Waals surface area contributed by atoms with Gasteiger partial charge in [0.05, 0.1) is 0 Å². The fraction of sp³-hybridized carbons (Fsp3) is 0.0312. The highest BCUT2D eigenvalue weighted by molar-refractivity contribution is 6.13. The summed E-state index contributed by atoms with van der Waals surface area (Å²) in [6, 6.07) is 41.2. The van der Waals surface area contributed by atoms with Crippen molar-refractivity contribution in [3.63, 3.8) is 0 Å². The average molecular weight is 423 g/mol. The summed E-state index contributed by atoms with van der Waals surface area (Å²) in [7, 11) is 0. The summed E-state index contributed by atoms with van der Waals surface area (Å²) in [5, 5.41) is 2.23. The lowest BCUT2D eigenvalue weighted by atomic mass is 9.80. The SMILES string of the molecule is O=C(c1ccccc1)c1cc2ccccc2cc1C1C(c2ccccc2)=Cc2ccccc21. The number of hydrogen-bond acceptors (Lipinski definition) is 1. The minimum Gasteiger partial charge on any atom is -0.289 e. The molecule has 1 aliphatic rings. The highest BCUT2D eigenvalue weighted by atomic mass is 16.1. The van der Waals surface area contributed by atoms with Gasteiger partial charge in [-0.1, -0.05) is 109 Å². The van der Waals surface area contributed by atoms with E-state index in [2.05, 4.69) is 84.9 Å². The van der Waals surface area contributed by atoms with Crippen molar-refractivity contribution >= 4 is 28.2 Å². The Bertz CT molecular complexity index is 1510. The van der Waals surface area contributed by atoms with Gasteiger partial charge in [0.15, 0.2) is 5.78 Å². The van der Waals surface area contributed by atoms with Gasteiger partial charge in [0.1, 0.15) is 0 Å². The van der Waals surface area contributed by atoms with Crippen LogP contribution in [0.2, 0.25) is 0 Å². The first-order chi connectivity index (χ1) is 16.3. The summed E-state index contributed by atoms with van der Waals surface area (Å²) in [5.74, 6) is 0.0593. The topological polar surface area (TPSA) is 17.1 Å². The first-order valence-corrected chi connectivity index (χ1v) is 11.3. The highest BCUT2D eigenvalue weighted by Gasteiger charge is 2.31. The van der Waals surface area contributed by atoms with E-state index >= 15 is 0 Å². The van der Waals surface area contributed by atoms with Crippen LogP contribution in [0.4, 0.5) is 0 Å². The van der Waals surface area contributed by atoms with Crippen LogP contribution in [-0.4, -0.2) is 5.78 Å². The van der Waals surface area contributed by atoms with E-state index in [1.807, 2.05) is 42.5 Å². The summed E-state index contributed by atoms with van der Waals surface area (Å²) >= 11 is 0. The van der Waals surface area contributed by atoms with Gasteiger partial charge in [0, 0.05) is 17.0 Å². The van der Waals surface area contributed by atoms with Crippen molar-refractivity contribution in [3.05, 3.63) is 155 Å². The molecule has 1 atom stereocenters. The summed E-state index contributed by atoms with van der Waals surface area (Å²) in [6.45, 7) is 0. The molecule has 0 aromatic heterocycles. The second-order valence-corrected chi connectivity index (χ2v) is 8.51. The molecular formula is C32H22O. The van der Waals surface area contributed by atoms with Crippen LogP contribution in [0.15, 0.2) is 121 Å². The average Bonchev–Trinajstić information content (AvgIpc) is 3.28. The molecule has 0 aliphatic heterocycles. The Morgan fingerprint density at radius 1 is 0.576 bits per heavy atom. The molecule has 0 amide bonds. The van der Waals surface area contributed by atoms with Crippen molar-refractivity contribution in [3.8, 4) is 0 Å². The van der Waals surface area contributed by atoms with Crippen LogP contribution in [0.3, 0.4) is 0 Å². The van der Waals surface area contributed by atoms with Crippen LogP contribution in [-0.2, 0) is 0 Å². The predicted molar refractivity (Wildman–Crippen MR) is 136 cm³/mol. The van der Waals surface area contributed by atoms with E-state index in [9.17, 15) is 4.79 Å². The van der Waals surface area contributed by atoms with E-state index in [1.54, 1.807) is 0 Å². The number of allylic oxidation sites excluding steroid dienone is 1. The van der Waals surface area contributed by atoms with Crippen molar-refractivity contribution < 1.29 is 4.79 Å². The van der Waals surface area contributed by atoms with Gasteiger partial charge in [0.25, 0.3) is 0 Å². The zero-order chi connectivity index (χ0) is 22.2. The lowest BCUT2D eigenvalue weighted by Gasteiger charge is -2.22. The molecule has 1 aliphatic carbocycles. The van der Waals surface area contributed by atoms with Crippen LogP contribution >= 0.6 is 0 Å². The molecule has 5 aromatic carbocycles. The van der Waals surface area contributed by atoms with Gasteiger partial charge in [-0.15, -0.1) is 0 Å². The maximum atomic E-state index is 13.8. The van der Waals surface area contributed by atoms with Crippen LogP contribution in [0.25, 0.3) is 22.4 Å². The number of carbonyl (C=O) groups excluding carboxylic acids is 1. The summed E-state index contributed by atoms with van der Waals surface area (Å²) in [4.78, 5) is 13.8. The Hall–Kier alpha value is -4.23. The van der Waals surface area contributed by atoms with Crippen molar-refractivity contribution in [1.29, 1.82) is 0 Å². The van der Waals surface area contributed by atoms with E-state index in [4.69, 9.17) is 0 Å². The molecule has 0 radical (unpaired) electrons. The van der Waals surface area contributed by atoms with Gasteiger partial charge in [-0.05, 0) is 56.8 Å². The summed E-state index contributed by atoms with van der Waals surface area (Å²) in [5.41, 5.74) is 7.41. The molecule has 0 saturated carbocycles. The first-order valence-electron chi connectivity index (χ1n) is 11.3. The van der Waals surface area contributed by atoms with Crippen molar-refractivity contribution in [2.45, 2.75) is 5.92 Å². The van der Waals surface area contributed by atoms with Crippen molar-refractivity contribution in [1.82, 2.24) is 0 Å². The van der Waals surface area contributed by atoms with Gasteiger partial charge in [-0.3, -0.25) is 4.79 Å². The van der Waals surface area contributed by atoms with Crippen molar-refractivity contribution in [2.75, 3.05) is 0 Å². The van der Waals surface area contributed by atoms with Crippen LogP contribution in [0, 0.1) is 0 Å². The van der Waals surface area contributed by atoms with Gasteiger partial charge in [-0.2, -0.15) is 0 Å². The number of carbonyl (C=O) groups is 1. The lowest BCUT2D eigenvalue weighted by Crippen LogP contribution is -2.11. The predicted octanol–water partition coefficient (Wildman–Crippen LogP) is 7.76. The van der Waals surface area contributed by atoms with Crippen LogP contribution < -0.4 is 0 Å². The van der Waals surface area contributed by atoms with E-state index in [-0.39, 0.29) is 11.7 Å². The quantitative estimate of drug-likeness (QED) is 0.271. The molecule has 33 heavy (non-hydrogen) atoms. The van der Waals surface area contributed by atoms with E-state index in [0.29, 0.717) is 5.56 Å². The van der Waals surface area contributed by atoms with Gasteiger partial charge < -0.3 is 0 Å². The number of benzene rings is 5. The Kier molecular flexibility index (Phi) is 4.74. The third kappa shape index (κ3) is 3.39. The number of fused-ring (bicyclic) bond motifs is 2. The number of ketones is 1. The van der Waals surface area contributed by atoms with E-state index in [0.717, 1.165) is 21.9 Å². The third-order valence-corrected chi connectivity index (χ3v) is 6.55. The fourth-order valence-electron chi connectivity index (χ4n) is 4.98.